The first-order valence-electron chi connectivity index (χ1n) is 12.4. The van der Waals surface area contributed by atoms with E-state index in [1.54, 1.807) is 0 Å². The standard InChI is InChI=1S/C25H48O/c1-4-7-9-10-12-22-13-15-23(16-14-22)24-17-20-25(21-18-24,26-6-3)19-11-8-5-2/h22-24H,4-21H2,1-3H3. The summed E-state index contributed by atoms with van der Waals surface area (Å²) in [7, 11) is 0. The SMILES string of the molecule is CCCCCCC1CCC(C2CCC(CCCCC)(OCC)CC2)CC1. The smallest absolute Gasteiger partial charge is 0.0682 e. The zero-order valence-electron chi connectivity index (χ0n) is 18.4. The average Bonchev–Trinajstić information content (AvgIpc) is 2.67. The molecule has 1 heteroatoms. The van der Waals surface area contributed by atoms with Crippen LogP contribution >= 0.6 is 0 Å². The van der Waals surface area contributed by atoms with Gasteiger partial charge in [0.05, 0.1) is 5.60 Å². The van der Waals surface area contributed by atoms with Gasteiger partial charge in [-0.25, -0.2) is 0 Å². The van der Waals surface area contributed by atoms with E-state index in [-0.39, 0.29) is 5.60 Å². The Morgan fingerprint density at radius 1 is 0.692 bits per heavy atom. The largest absolute Gasteiger partial charge is 0.375 e. The monoisotopic (exact) mass is 364 g/mol. The van der Waals surface area contributed by atoms with Crippen LogP contribution in [-0.4, -0.2) is 12.2 Å². The van der Waals surface area contributed by atoms with Gasteiger partial charge >= 0.3 is 0 Å². The van der Waals surface area contributed by atoms with Crippen molar-refractivity contribution in [1.82, 2.24) is 0 Å². The molecule has 0 aromatic heterocycles. The van der Waals surface area contributed by atoms with Crippen LogP contribution in [0, 0.1) is 17.8 Å². The fraction of sp³-hybridized carbons (Fsp3) is 1.00. The Labute approximate surface area is 165 Å². The summed E-state index contributed by atoms with van der Waals surface area (Å²) in [5, 5.41) is 0. The van der Waals surface area contributed by atoms with Crippen LogP contribution in [0.15, 0.2) is 0 Å². The number of hydrogen-bond acceptors (Lipinski definition) is 1. The topological polar surface area (TPSA) is 9.23 Å². The van der Waals surface area contributed by atoms with Crippen molar-refractivity contribution >= 4 is 0 Å². The van der Waals surface area contributed by atoms with E-state index in [1.165, 1.54) is 109 Å². The first-order valence-corrected chi connectivity index (χ1v) is 12.4. The molecule has 0 saturated heterocycles. The quantitative estimate of drug-likeness (QED) is 0.316. The number of rotatable bonds is 12. The maximum atomic E-state index is 6.33. The highest BCUT2D eigenvalue weighted by Gasteiger charge is 2.38. The fourth-order valence-corrected chi connectivity index (χ4v) is 5.92. The van der Waals surface area contributed by atoms with Gasteiger partial charge in [0.25, 0.3) is 0 Å². The Morgan fingerprint density at radius 3 is 1.92 bits per heavy atom. The van der Waals surface area contributed by atoms with Crippen molar-refractivity contribution in [2.45, 2.75) is 136 Å². The van der Waals surface area contributed by atoms with Crippen LogP contribution < -0.4 is 0 Å². The first kappa shape index (κ1) is 22.3. The lowest BCUT2D eigenvalue weighted by Crippen LogP contribution is -2.39. The van der Waals surface area contributed by atoms with E-state index < -0.39 is 0 Å². The molecule has 0 bridgehead atoms. The Bertz CT molecular complexity index is 334. The van der Waals surface area contributed by atoms with Crippen molar-refractivity contribution in [2.24, 2.45) is 17.8 Å². The number of hydrogen-bond donors (Lipinski definition) is 0. The van der Waals surface area contributed by atoms with Gasteiger partial charge in [-0.15, -0.1) is 0 Å². The molecule has 2 rings (SSSR count). The molecule has 26 heavy (non-hydrogen) atoms. The van der Waals surface area contributed by atoms with Gasteiger partial charge in [-0.3, -0.25) is 0 Å². The molecule has 2 fully saturated rings. The van der Waals surface area contributed by atoms with Crippen molar-refractivity contribution < 1.29 is 4.74 Å². The zero-order valence-corrected chi connectivity index (χ0v) is 18.4. The Balaban J connectivity index is 1.69. The highest BCUT2D eigenvalue weighted by molar-refractivity contribution is 4.90. The van der Waals surface area contributed by atoms with Gasteiger partial charge in [-0.1, -0.05) is 78.1 Å². The third kappa shape index (κ3) is 7.17. The van der Waals surface area contributed by atoms with Crippen LogP contribution in [-0.2, 0) is 4.74 Å². The second-order valence-electron chi connectivity index (χ2n) is 9.54. The summed E-state index contributed by atoms with van der Waals surface area (Å²) in [4.78, 5) is 0. The van der Waals surface area contributed by atoms with Crippen molar-refractivity contribution in [3.63, 3.8) is 0 Å². The van der Waals surface area contributed by atoms with Crippen molar-refractivity contribution in [3.8, 4) is 0 Å². The maximum absolute atomic E-state index is 6.33. The molecule has 0 aliphatic heterocycles. The number of unbranched alkanes of at least 4 members (excludes halogenated alkanes) is 5. The normalized spacial score (nSPS) is 32.7. The Kier molecular flexibility index (Phi) is 10.6. The summed E-state index contributed by atoms with van der Waals surface area (Å²) in [6.45, 7) is 7.72. The molecule has 0 N–H and O–H groups in total. The van der Waals surface area contributed by atoms with Crippen LogP contribution in [0.3, 0.4) is 0 Å². The minimum absolute atomic E-state index is 0.247. The average molecular weight is 365 g/mol. The lowest BCUT2D eigenvalue weighted by molar-refractivity contribution is -0.0855. The predicted molar refractivity (Wildman–Crippen MR) is 115 cm³/mol. The molecule has 0 unspecified atom stereocenters. The van der Waals surface area contributed by atoms with Crippen LogP contribution in [0.1, 0.15) is 130 Å². The summed E-state index contributed by atoms with van der Waals surface area (Å²) in [6.07, 6.45) is 24.3. The molecule has 154 valence electrons. The lowest BCUT2D eigenvalue weighted by atomic mass is 9.67. The van der Waals surface area contributed by atoms with E-state index in [0.717, 1.165) is 24.4 Å². The Morgan fingerprint density at radius 2 is 1.31 bits per heavy atom. The second kappa shape index (κ2) is 12.4. The second-order valence-corrected chi connectivity index (χ2v) is 9.54. The van der Waals surface area contributed by atoms with Gasteiger partial charge in [-0.05, 0) is 69.6 Å². The highest BCUT2D eigenvalue weighted by Crippen LogP contribution is 2.45. The van der Waals surface area contributed by atoms with Crippen LogP contribution in [0.2, 0.25) is 0 Å². The molecule has 0 aromatic rings. The molecule has 0 amide bonds. The van der Waals surface area contributed by atoms with Crippen LogP contribution in [0.4, 0.5) is 0 Å². The molecular weight excluding hydrogens is 316 g/mol. The van der Waals surface area contributed by atoms with Crippen LogP contribution in [0.5, 0.6) is 0 Å². The van der Waals surface area contributed by atoms with Crippen molar-refractivity contribution in [1.29, 1.82) is 0 Å². The molecule has 0 aromatic carbocycles. The maximum Gasteiger partial charge on any atom is 0.0682 e. The van der Waals surface area contributed by atoms with E-state index in [1.807, 2.05) is 0 Å². The highest BCUT2D eigenvalue weighted by atomic mass is 16.5. The third-order valence-electron chi connectivity index (χ3n) is 7.65. The van der Waals surface area contributed by atoms with E-state index in [0.29, 0.717) is 0 Å². The molecule has 2 aliphatic carbocycles. The molecule has 1 nitrogen and oxygen atoms in total. The minimum atomic E-state index is 0.247. The summed E-state index contributed by atoms with van der Waals surface area (Å²) in [5.74, 6) is 3.11. The summed E-state index contributed by atoms with van der Waals surface area (Å²) < 4.78 is 6.33. The van der Waals surface area contributed by atoms with Gasteiger partial charge in [0, 0.05) is 6.61 Å². The van der Waals surface area contributed by atoms with Crippen molar-refractivity contribution in [3.05, 3.63) is 0 Å². The van der Waals surface area contributed by atoms with E-state index in [2.05, 4.69) is 20.8 Å². The lowest BCUT2D eigenvalue weighted by Gasteiger charge is -2.44. The predicted octanol–water partition coefficient (Wildman–Crippen LogP) is 8.31. The van der Waals surface area contributed by atoms with Gasteiger partial charge < -0.3 is 4.74 Å². The zero-order chi connectivity index (χ0) is 18.7. The fourth-order valence-electron chi connectivity index (χ4n) is 5.92. The molecule has 0 atom stereocenters. The van der Waals surface area contributed by atoms with E-state index in [4.69, 9.17) is 4.74 Å². The summed E-state index contributed by atoms with van der Waals surface area (Å²) in [5.41, 5.74) is 0.247. The van der Waals surface area contributed by atoms with E-state index >= 15 is 0 Å². The molecule has 2 aliphatic rings. The Hall–Kier alpha value is -0.0400. The van der Waals surface area contributed by atoms with Gasteiger partial charge in [0.1, 0.15) is 0 Å². The minimum Gasteiger partial charge on any atom is -0.375 e. The summed E-state index contributed by atoms with van der Waals surface area (Å²) in [6, 6.07) is 0. The molecule has 0 spiro atoms. The van der Waals surface area contributed by atoms with Gasteiger partial charge in [0.2, 0.25) is 0 Å². The molecule has 0 radical (unpaired) electrons. The molecule has 0 heterocycles. The number of ether oxygens (including phenoxy) is 1. The molecular formula is C25H48O. The first-order chi connectivity index (χ1) is 12.7. The molecule has 2 saturated carbocycles. The van der Waals surface area contributed by atoms with Gasteiger partial charge in [-0.2, -0.15) is 0 Å². The van der Waals surface area contributed by atoms with Crippen LogP contribution in [0.25, 0.3) is 0 Å². The van der Waals surface area contributed by atoms with E-state index in [9.17, 15) is 0 Å². The van der Waals surface area contributed by atoms with Crippen molar-refractivity contribution in [2.75, 3.05) is 6.61 Å². The summed E-state index contributed by atoms with van der Waals surface area (Å²) >= 11 is 0. The third-order valence-corrected chi connectivity index (χ3v) is 7.65. The van der Waals surface area contributed by atoms with Gasteiger partial charge in [0.15, 0.2) is 0 Å².